The Morgan fingerprint density at radius 2 is 1.69 bits per heavy atom. The number of ether oxygens (including phenoxy) is 2. The largest absolute Gasteiger partial charge is 0.480 e. The van der Waals surface area contributed by atoms with E-state index in [4.69, 9.17) is 19.6 Å². The van der Waals surface area contributed by atoms with Gasteiger partial charge < -0.3 is 34.3 Å². The van der Waals surface area contributed by atoms with E-state index in [1.165, 1.54) is 38.5 Å². The number of allylic oxidation sites excluding steroid dienone is 1. The molecule has 0 atom stereocenters. The van der Waals surface area contributed by atoms with Crippen LogP contribution in [0.2, 0.25) is 0 Å². The van der Waals surface area contributed by atoms with Crippen molar-refractivity contribution < 1.29 is 19.4 Å². The fourth-order valence-corrected chi connectivity index (χ4v) is 6.39. The molecule has 0 unspecified atom stereocenters. The van der Waals surface area contributed by atoms with Crippen LogP contribution >= 0.6 is 0 Å². The Morgan fingerprint density at radius 3 is 2.31 bits per heavy atom. The SMILES string of the molecule is C=Cc1nc(C)n(C(C)C)c1/C=C(\C)Nc1ccnc(N2CCC3(CCN(CCCOCCCOCC(=O)O)CC3)CC2)n1.CCCC. The number of unbranched alkanes of at least 4 members (excludes halogenated alkanes) is 1. The summed E-state index contributed by atoms with van der Waals surface area (Å²) in [5.41, 5.74) is 3.34. The molecular weight excluding hydrogens is 606 g/mol. The second-order valence-electron chi connectivity index (χ2n) is 13.4. The number of nitrogens with zero attached hydrogens (tertiary/aromatic N) is 6. The molecule has 2 N–H and O–H groups in total. The third-order valence-electron chi connectivity index (χ3n) is 9.27. The Morgan fingerprint density at radius 1 is 1.04 bits per heavy atom. The van der Waals surface area contributed by atoms with Gasteiger partial charge in [-0.15, -0.1) is 0 Å². The van der Waals surface area contributed by atoms with Gasteiger partial charge in [0.1, 0.15) is 18.2 Å². The van der Waals surface area contributed by atoms with Crippen LogP contribution in [0.3, 0.4) is 0 Å². The predicted molar refractivity (Wildman–Crippen MR) is 195 cm³/mol. The number of carboxylic acid groups (broad SMARTS) is 1. The van der Waals surface area contributed by atoms with Crippen molar-refractivity contribution >= 4 is 29.9 Å². The number of carboxylic acids is 1. The lowest BCUT2D eigenvalue weighted by Crippen LogP contribution is -2.47. The van der Waals surface area contributed by atoms with Gasteiger partial charge in [0.25, 0.3) is 0 Å². The lowest BCUT2D eigenvalue weighted by Gasteiger charge is -2.47. The molecule has 4 rings (SSSR count). The summed E-state index contributed by atoms with van der Waals surface area (Å²) in [6.45, 7) is 23.6. The van der Waals surface area contributed by atoms with Crippen LogP contribution < -0.4 is 10.2 Å². The van der Waals surface area contributed by atoms with E-state index >= 15 is 0 Å². The number of piperidine rings is 2. The van der Waals surface area contributed by atoms with E-state index in [1.807, 2.05) is 25.3 Å². The molecule has 48 heavy (non-hydrogen) atoms. The minimum Gasteiger partial charge on any atom is -0.480 e. The summed E-state index contributed by atoms with van der Waals surface area (Å²) < 4.78 is 12.9. The van der Waals surface area contributed by atoms with Gasteiger partial charge in [-0.05, 0) is 103 Å². The molecule has 2 aromatic rings. The molecule has 0 aliphatic carbocycles. The number of anilines is 2. The van der Waals surface area contributed by atoms with Crippen LogP contribution in [-0.4, -0.2) is 94.6 Å². The monoisotopic (exact) mass is 667 g/mol. The van der Waals surface area contributed by atoms with Crippen molar-refractivity contribution in [1.29, 1.82) is 0 Å². The number of likely N-dealkylation sites (tertiary alicyclic amines) is 1. The van der Waals surface area contributed by atoms with Crippen molar-refractivity contribution in [2.45, 2.75) is 99.0 Å². The van der Waals surface area contributed by atoms with E-state index in [0.717, 1.165) is 86.8 Å². The number of hydrogen-bond donors (Lipinski definition) is 2. The topological polar surface area (TPSA) is 118 Å². The minimum absolute atomic E-state index is 0.241. The average molecular weight is 668 g/mol. The summed E-state index contributed by atoms with van der Waals surface area (Å²) in [5.74, 6) is 1.63. The summed E-state index contributed by atoms with van der Waals surface area (Å²) in [6, 6.07) is 2.22. The summed E-state index contributed by atoms with van der Waals surface area (Å²) in [7, 11) is 0. The average Bonchev–Trinajstić information content (AvgIpc) is 3.39. The zero-order valence-corrected chi connectivity index (χ0v) is 30.5. The summed E-state index contributed by atoms with van der Waals surface area (Å²) in [4.78, 5) is 29.5. The highest BCUT2D eigenvalue weighted by atomic mass is 16.5. The first-order valence-corrected chi connectivity index (χ1v) is 18.0. The van der Waals surface area contributed by atoms with Gasteiger partial charge in [0.05, 0.1) is 11.4 Å². The van der Waals surface area contributed by atoms with Gasteiger partial charge in [0.15, 0.2) is 0 Å². The first kappa shape index (κ1) is 39.2. The molecule has 2 saturated heterocycles. The smallest absolute Gasteiger partial charge is 0.329 e. The standard InChI is InChI=1S/C33H51N7O4.C4H10/c1-6-28-29(40(25(2)3)27(5)36-28)23-26(4)35-30-9-14-34-32(37-30)39-18-12-33(13-19-39)10-16-38(17-11-33)15-7-20-43-21-8-22-44-24-31(41)42;1-3-4-2/h6,9,14,23,25H,1,7-8,10-13,15-22,24H2,2-5H3,(H,41,42)(H,34,35,37);3-4H2,1-2H3/b26-23+;. The number of aliphatic carboxylic acids is 1. The highest BCUT2D eigenvalue weighted by Crippen LogP contribution is 2.41. The maximum atomic E-state index is 10.4. The van der Waals surface area contributed by atoms with Crippen LogP contribution in [0.4, 0.5) is 11.8 Å². The van der Waals surface area contributed by atoms with E-state index in [9.17, 15) is 4.79 Å². The van der Waals surface area contributed by atoms with Crippen LogP contribution in [0.25, 0.3) is 12.2 Å². The third kappa shape index (κ3) is 12.3. The molecular formula is C37H61N7O4. The second-order valence-corrected chi connectivity index (χ2v) is 13.4. The van der Waals surface area contributed by atoms with Crippen molar-refractivity contribution in [3.63, 3.8) is 0 Å². The van der Waals surface area contributed by atoms with Gasteiger partial charge >= 0.3 is 5.97 Å². The number of nitrogens with one attached hydrogen (secondary N) is 1. The van der Waals surface area contributed by atoms with Crippen molar-refractivity contribution in [3.8, 4) is 0 Å². The van der Waals surface area contributed by atoms with Crippen LogP contribution in [0.1, 0.15) is 109 Å². The molecule has 2 fully saturated rings. The van der Waals surface area contributed by atoms with E-state index in [2.05, 4.69) is 76.9 Å². The van der Waals surface area contributed by atoms with Crippen molar-refractivity contribution in [2.75, 3.05) is 69.4 Å². The van der Waals surface area contributed by atoms with Gasteiger partial charge in [-0.2, -0.15) is 4.98 Å². The molecule has 0 aromatic carbocycles. The van der Waals surface area contributed by atoms with E-state index in [1.54, 1.807) is 0 Å². The van der Waals surface area contributed by atoms with Crippen LogP contribution in [0, 0.1) is 12.3 Å². The first-order valence-electron chi connectivity index (χ1n) is 18.0. The number of aryl methyl sites for hydroxylation is 1. The highest BCUT2D eigenvalue weighted by molar-refractivity contribution is 5.68. The van der Waals surface area contributed by atoms with Crippen LogP contribution in [0.15, 0.2) is 24.5 Å². The quantitative estimate of drug-likeness (QED) is 0.170. The zero-order valence-electron chi connectivity index (χ0n) is 30.5. The zero-order chi connectivity index (χ0) is 34.9. The molecule has 11 nitrogen and oxygen atoms in total. The normalized spacial score (nSPS) is 16.6. The predicted octanol–water partition coefficient (Wildman–Crippen LogP) is 7.07. The first-order chi connectivity index (χ1) is 23.1. The van der Waals surface area contributed by atoms with Gasteiger partial charge in [-0.3, -0.25) is 0 Å². The molecule has 11 heteroatoms. The molecule has 0 amide bonds. The Balaban J connectivity index is 0.00000148. The summed E-state index contributed by atoms with van der Waals surface area (Å²) >= 11 is 0. The number of carbonyl (C=O) groups is 1. The minimum atomic E-state index is -0.934. The Hall–Kier alpha value is -3.28. The molecule has 0 bridgehead atoms. The van der Waals surface area contributed by atoms with Gasteiger partial charge in [-0.25, -0.2) is 14.8 Å². The Labute approximate surface area is 288 Å². The van der Waals surface area contributed by atoms with Crippen molar-refractivity contribution in [3.05, 3.63) is 41.8 Å². The van der Waals surface area contributed by atoms with Gasteiger partial charge in [-0.1, -0.05) is 33.3 Å². The molecule has 0 saturated carbocycles. The van der Waals surface area contributed by atoms with E-state index in [0.29, 0.717) is 24.7 Å². The molecule has 1 spiro atoms. The Bertz CT molecular complexity index is 1290. The molecule has 268 valence electrons. The maximum Gasteiger partial charge on any atom is 0.329 e. The molecule has 2 aliphatic rings. The van der Waals surface area contributed by atoms with E-state index in [-0.39, 0.29) is 6.61 Å². The number of imidazole rings is 1. The highest BCUT2D eigenvalue weighted by Gasteiger charge is 2.38. The molecule has 2 aromatic heterocycles. The number of rotatable bonds is 17. The van der Waals surface area contributed by atoms with Gasteiger partial charge in [0.2, 0.25) is 5.95 Å². The summed E-state index contributed by atoms with van der Waals surface area (Å²) in [5, 5.41) is 12.0. The fourth-order valence-electron chi connectivity index (χ4n) is 6.39. The lowest BCUT2D eigenvalue weighted by molar-refractivity contribution is -0.142. The maximum absolute atomic E-state index is 10.4. The van der Waals surface area contributed by atoms with Gasteiger partial charge in [0, 0.05) is 57.4 Å². The molecule has 2 aliphatic heterocycles. The lowest BCUT2D eigenvalue weighted by atomic mass is 9.71. The Kier molecular flexibility index (Phi) is 16.5. The van der Waals surface area contributed by atoms with Crippen LogP contribution in [0.5, 0.6) is 0 Å². The molecule has 4 heterocycles. The summed E-state index contributed by atoms with van der Waals surface area (Å²) in [6.07, 6.45) is 15.0. The number of aromatic nitrogens is 4. The number of hydrogen-bond acceptors (Lipinski definition) is 9. The van der Waals surface area contributed by atoms with Crippen molar-refractivity contribution in [1.82, 2.24) is 24.4 Å². The van der Waals surface area contributed by atoms with E-state index < -0.39 is 5.97 Å². The fraction of sp³-hybridized carbons (Fsp3) is 0.676. The third-order valence-corrected chi connectivity index (χ3v) is 9.27. The molecule has 0 radical (unpaired) electrons. The van der Waals surface area contributed by atoms with Crippen LogP contribution in [-0.2, 0) is 14.3 Å². The van der Waals surface area contributed by atoms with Crippen molar-refractivity contribution in [2.24, 2.45) is 5.41 Å². The second kappa shape index (κ2) is 20.3.